The van der Waals surface area contributed by atoms with Gasteiger partial charge >= 0.3 is 0 Å². The molecule has 0 spiro atoms. The fraction of sp³-hybridized carbons (Fsp3) is 0.304. The number of aromatic nitrogens is 1. The van der Waals surface area contributed by atoms with Crippen LogP contribution in [0.15, 0.2) is 48.5 Å². The highest BCUT2D eigenvalue weighted by atomic mass is 32.1. The number of nitrogens with zero attached hydrogens (tertiary/aromatic N) is 3. The molecular formula is C23H25FN4OS. The molecule has 0 atom stereocenters. The van der Waals surface area contributed by atoms with Crippen molar-refractivity contribution >= 4 is 28.6 Å². The zero-order valence-corrected chi connectivity index (χ0v) is 18.0. The zero-order valence-electron chi connectivity index (χ0n) is 17.2. The molecular weight excluding hydrogens is 399 g/mol. The number of hydrogen-bond acceptors (Lipinski definition) is 5. The van der Waals surface area contributed by atoms with Gasteiger partial charge in [-0.3, -0.25) is 4.79 Å². The Morgan fingerprint density at radius 1 is 1.10 bits per heavy atom. The number of carbonyl (C=O) groups excluding carboxylic acids is 1. The lowest BCUT2D eigenvalue weighted by molar-refractivity contribution is -0.115. The van der Waals surface area contributed by atoms with Crippen LogP contribution in [0.1, 0.15) is 9.88 Å². The van der Waals surface area contributed by atoms with Crippen LogP contribution in [-0.2, 0) is 11.2 Å². The van der Waals surface area contributed by atoms with E-state index in [1.165, 1.54) is 23.5 Å². The molecule has 2 heterocycles. The van der Waals surface area contributed by atoms with Gasteiger partial charge in [-0.15, -0.1) is 11.3 Å². The third-order valence-electron chi connectivity index (χ3n) is 5.27. The van der Waals surface area contributed by atoms with E-state index in [2.05, 4.69) is 33.2 Å². The van der Waals surface area contributed by atoms with Crippen molar-refractivity contribution in [2.45, 2.75) is 13.3 Å². The summed E-state index contributed by atoms with van der Waals surface area (Å²) in [5.74, 6) is -0.367. The van der Waals surface area contributed by atoms with Gasteiger partial charge in [0, 0.05) is 36.6 Å². The Morgan fingerprint density at radius 2 is 1.80 bits per heavy atom. The minimum absolute atomic E-state index is 0.0800. The van der Waals surface area contributed by atoms with Gasteiger partial charge in [-0.2, -0.15) is 0 Å². The van der Waals surface area contributed by atoms with Gasteiger partial charge in [0.15, 0.2) is 0 Å². The molecule has 4 rings (SSSR count). The molecule has 3 aromatic rings. The maximum absolute atomic E-state index is 13.3. The second-order valence-corrected chi connectivity index (χ2v) is 8.83. The Labute approximate surface area is 180 Å². The average Bonchev–Trinajstić information content (AvgIpc) is 3.09. The van der Waals surface area contributed by atoms with E-state index in [0.717, 1.165) is 58.7 Å². The second-order valence-electron chi connectivity index (χ2n) is 7.54. The van der Waals surface area contributed by atoms with Crippen LogP contribution in [-0.4, -0.2) is 49.0 Å². The minimum Gasteiger partial charge on any atom is -0.367 e. The van der Waals surface area contributed by atoms with Crippen LogP contribution in [0.5, 0.6) is 0 Å². The number of amides is 1. The van der Waals surface area contributed by atoms with Crippen molar-refractivity contribution in [1.82, 2.24) is 9.88 Å². The molecule has 1 aliphatic heterocycles. The Balaban J connectivity index is 1.51. The van der Waals surface area contributed by atoms with Gasteiger partial charge in [-0.25, -0.2) is 9.37 Å². The van der Waals surface area contributed by atoms with Crippen LogP contribution in [0.2, 0.25) is 0 Å². The summed E-state index contributed by atoms with van der Waals surface area (Å²) in [6, 6.07) is 14.2. The molecule has 1 N–H and O–H groups in total. The van der Waals surface area contributed by atoms with Crippen LogP contribution in [0.3, 0.4) is 0 Å². The molecule has 0 unspecified atom stereocenters. The number of para-hydroxylation sites is 2. The first-order valence-electron chi connectivity index (χ1n) is 10.0. The predicted octanol–water partition coefficient (Wildman–Crippen LogP) is 4.19. The SMILES string of the molecule is Cc1nc(-c2ccc(F)cc2)c(CC(=O)Nc2ccccc2N2CCN(C)CC2)s1. The van der Waals surface area contributed by atoms with Crippen LogP contribution < -0.4 is 10.2 Å². The van der Waals surface area contributed by atoms with E-state index >= 15 is 0 Å². The molecule has 1 saturated heterocycles. The highest BCUT2D eigenvalue weighted by molar-refractivity contribution is 7.12. The van der Waals surface area contributed by atoms with E-state index in [-0.39, 0.29) is 18.1 Å². The number of carbonyl (C=O) groups is 1. The number of anilines is 2. The lowest BCUT2D eigenvalue weighted by atomic mass is 10.1. The average molecular weight is 425 g/mol. The third kappa shape index (κ3) is 4.68. The normalized spacial score (nSPS) is 14.7. The Morgan fingerprint density at radius 3 is 2.53 bits per heavy atom. The second kappa shape index (κ2) is 8.93. The van der Waals surface area contributed by atoms with E-state index in [1.54, 1.807) is 12.1 Å². The van der Waals surface area contributed by atoms with Gasteiger partial charge in [-0.05, 0) is 50.4 Å². The summed E-state index contributed by atoms with van der Waals surface area (Å²) in [5.41, 5.74) is 3.45. The molecule has 0 bridgehead atoms. The number of halogens is 1. The number of aryl methyl sites for hydroxylation is 1. The molecule has 156 valence electrons. The molecule has 2 aromatic carbocycles. The first-order valence-corrected chi connectivity index (χ1v) is 10.9. The van der Waals surface area contributed by atoms with Crippen LogP contribution in [0.4, 0.5) is 15.8 Å². The largest absolute Gasteiger partial charge is 0.367 e. The lowest BCUT2D eigenvalue weighted by Crippen LogP contribution is -2.44. The topological polar surface area (TPSA) is 48.5 Å². The molecule has 1 aromatic heterocycles. The van der Waals surface area contributed by atoms with Gasteiger partial charge in [0.25, 0.3) is 0 Å². The summed E-state index contributed by atoms with van der Waals surface area (Å²) in [6.07, 6.45) is 0.231. The number of thiazole rings is 1. The molecule has 1 fully saturated rings. The first kappa shape index (κ1) is 20.5. The van der Waals surface area contributed by atoms with Crippen LogP contribution in [0.25, 0.3) is 11.3 Å². The standard InChI is InChI=1S/C23H25FN4OS/c1-16-25-23(17-7-9-18(24)10-8-17)21(30-16)15-22(29)26-19-5-3-4-6-20(19)28-13-11-27(2)12-14-28/h3-10H,11-15H2,1-2H3,(H,26,29). The highest BCUT2D eigenvalue weighted by Gasteiger charge is 2.19. The van der Waals surface area contributed by atoms with Gasteiger partial charge < -0.3 is 15.1 Å². The molecule has 0 saturated carbocycles. The smallest absolute Gasteiger partial charge is 0.229 e. The molecule has 1 amide bonds. The molecule has 0 aliphatic carbocycles. The fourth-order valence-electron chi connectivity index (χ4n) is 3.67. The Bertz CT molecular complexity index is 1030. The number of hydrogen-bond donors (Lipinski definition) is 1. The quantitative estimate of drug-likeness (QED) is 0.667. The predicted molar refractivity (Wildman–Crippen MR) is 121 cm³/mol. The van der Waals surface area contributed by atoms with Crippen molar-refractivity contribution in [1.29, 1.82) is 0 Å². The lowest BCUT2D eigenvalue weighted by Gasteiger charge is -2.35. The number of nitrogens with one attached hydrogen (secondary N) is 1. The number of rotatable bonds is 5. The van der Waals surface area contributed by atoms with E-state index in [0.29, 0.717) is 0 Å². The van der Waals surface area contributed by atoms with E-state index in [1.807, 2.05) is 25.1 Å². The maximum atomic E-state index is 13.3. The molecule has 30 heavy (non-hydrogen) atoms. The third-order valence-corrected chi connectivity index (χ3v) is 6.24. The molecule has 7 heteroatoms. The monoisotopic (exact) mass is 424 g/mol. The Hall–Kier alpha value is -2.77. The van der Waals surface area contributed by atoms with Crippen molar-refractivity contribution < 1.29 is 9.18 Å². The van der Waals surface area contributed by atoms with Gasteiger partial charge in [0.1, 0.15) is 5.82 Å². The maximum Gasteiger partial charge on any atom is 0.229 e. The zero-order chi connectivity index (χ0) is 21.1. The number of piperazine rings is 1. The highest BCUT2D eigenvalue weighted by Crippen LogP contribution is 2.30. The van der Waals surface area contributed by atoms with Crippen molar-refractivity contribution in [2.75, 3.05) is 43.4 Å². The fourth-order valence-corrected chi connectivity index (χ4v) is 4.62. The summed E-state index contributed by atoms with van der Waals surface area (Å²) in [6.45, 7) is 5.80. The van der Waals surface area contributed by atoms with Gasteiger partial charge in [0.2, 0.25) is 5.91 Å². The van der Waals surface area contributed by atoms with E-state index in [9.17, 15) is 9.18 Å². The van der Waals surface area contributed by atoms with Crippen LogP contribution >= 0.6 is 11.3 Å². The first-order chi connectivity index (χ1) is 14.5. The van der Waals surface area contributed by atoms with Crippen LogP contribution in [0, 0.1) is 12.7 Å². The summed E-state index contributed by atoms with van der Waals surface area (Å²) in [7, 11) is 2.13. The van der Waals surface area contributed by atoms with E-state index in [4.69, 9.17) is 0 Å². The van der Waals surface area contributed by atoms with Crippen molar-refractivity contribution in [3.8, 4) is 11.3 Å². The van der Waals surface area contributed by atoms with Gasteiger partial charge in [0.05, 0.1) is 28.5 Å². The van der Waals surface area contributed by atoms with Gasteiger partial charge in [-0.1, -0.05) is 12.1 Å². The summed E-state index contributed by atoms with van der Waals surface area (Å²) in [4.78, 5) is 23.0. The van der Waals surface area contributed by atoms with Crippen molar-refractivity contribution in [2.24, 2.45) is 0 Å². The number of likely N-dealkylation sites (N-methyl/N-ethyl adjacent to an activating group) is 1. The Kier molecular flexibility index (Phi) is 6.11. The molecule has 0 radical (unpaired) electrons. The summed E-state index contributed by atoms with van der Waals surface area (Å²) in [5, 5.41) is 3.97. The summed E-state index contributed by atoms with van der Waals surface area (Å²) < 4.78 is 13.3. The molecule has 1 aliphatic rings. The summed E-state index contributed by atoms with van der Waals surface area (Å²) >= 11 is 1.50. The van der Waals surface area contributed by atoms with Crippen molar-refractivity contribution in [3.63, 3.8) is 0 Å². The number of benzene rings is 2. The van der Waals surface area contributed by atoms with Crippen molar-refractivity contribution in [3.05, 3.63) is 64.2 Å². The van der Waals surface area contributed by atoms with E-state index < -0.39 is 0 Å². The minimum atomic E-state index is -0.287. The molecule has 5 nitrogen and oxygen atoms in total.